The zero-order valence-corrected chi connectivity index (χ0v) is 10.9. The molecule has 3 nitrogen and oxygen atoms in total. The highest BCUT2D eigenvalue weighted by Gasteiger charge is 2.22. The van der Waals surface area contributed by atoms with Crippen molar-refractivity contribution in [3.63, 3.8) is 0 Å². The van der Waals surface area contributed by atoms with Gasteiger partial charge in [-0.25, -0.2) is 0 Å². The SMILES string of the molecule is CC(c1ccc(B(O)O)s1)N1CCCC1.Cl. The van der Waals surface area contributed by atoms with Gasteiger partial charge in [-0.3, -0.25) is 4.90 Å². The minimum Gasteiger partial charge on any atom is -0.423 e. The van der Waals surface area contributed by atoms with Gasteiger partial charge in [-0.05, 0) is 38.9 Å². The normalized spacial score (nSPS) is 18.2. The van der Waals surface area contributed by atoms with Crippen LogP contribution in [0.15, 0.2) is 12.1 Å². The van der Waals surface area contributed by atoms with Gasteiger partial charge in [0.05, 0.1) is 0 Å². The fourth-order valence-electron chi connectivity index (χ4n) is 2.04. The van der Waals surface area contributed by atoms with Gasteiger partial charge in [-0.15, -0.1) is 23.7 Å². The molecule has 2 rings (SSSR count). The highest BCUT2D eigenvalue weighted by molar-refractivity contribution is 7.22. The Labute approximate surface area is 107 Å². The van der Waals surface area contributed by atoms with E-state index >= 15 is 0 Å². The van der Waals surface area contributed by atoms with Crippen molar-refractivity contribution in [3.05, 3.63) is 17.0 Å². The minimum absolute atomic E-state index is 0. The second-order valence-electron chi connectivity index (χ2n) is 4.03. The van der Waals surface area contributed by atoms with Crippen LogP contribution in [0, 0.1) is 0 Å². The Morgan fingerprint density at radius 3 is 2.44 bits per heavy atom. The van der Waals surface area contributed by atoms with E-state index in [4.69, 9.17) is 10.0 Å². The van der Waals surface area contributed by atoms with Crippen LogP contribution in [0.5, 0.6) is 0 Å². The maximum absolute atomic E-state index is 9.04. The van der Waals surface area contributed by atoms with Crippen LogP contribution >= 0.6 is 23.7 Å². The van der Waals surface area contributed by atoms with Gasteiger partial charge >= 0.3 is 7.12 Å². The second kappa shape index (κ2) is 6.03. The van der Waals surface area contributed by atoms with E-state index in [1.807, 2.05) is 6.07 Å². The number of halogens is 1. The Kier molecular flexibility index (Phi) is 5.27. The van der Waals surface area contributed by atoms with Crippen molar-refractivity contribution in [1.82, 2.24) is 4.90 Å². The van der Waals surface area contributed by atoms with E-state index in [0.717, 1.165) is 13.1 Å². The van der Waals surface area contributed by atoms with Crippen molar-refractivity contribution < 1.29 is 10.0 Å². The third-order valence-electron chi connectivity index (χ3n) is 3.00. The molecular weight excluding hydrogens is 244 g/mol. The molecule has 0 saturated carbocycles. The van der Waals surface area contributed by atoms with Crippen molar-refractivity contribution in [3.8, 4) is 0 Å². The van der Waals surface area contributed by atoms with E-state index in [1.54, 1.807) is 6.07 Å². The van der Waals surface area contributed by atoms with Gasteiger partial charge in [0, 0.05) is 15.7 Å². The molecule has 1 atom stereocenters. The first kappa shape index (κ1) is 14.0. The quantitative estimate of drug-likeness (QED) is 0.798. The summed E-state index contributed by atoms with van der Waals surface area (Å²) in [5.41, 5.74) is 0. The van der Waals surface area contributed by atoms with Gasteiger partial charge in [-0.2, -0.15) is 0 Å². The Balaban J connectivity index is 0.00000128. The molecule has 1 aliphatic heterocycles. The Hall–Kier alpha value is -0.0651. The predicted octanol–water partition coefficient (Wildman–Crippen LogP) is 1.01. The molecule has 1 saturated heterocycles. The topological polar surface area (TPSA) is 43.7 Å². The summed E-state index contributed by atoms with van der Waals surface area (Å²) in [7, 11) is -1.32. The molecule has 1 aromatic rings. The lowest BCUT2D eigenvalue weighted by atomic mass is 9.90. The van der Waals surface area contributed by atoms with Crippen molar-refractivity contribution in [1.29, 1.82) is 0 Å². The number of rotatable bonds is 3. The van der Waals surface area contributed by atoms with Gasteiger partial charge in [0.1, 0.15) is 0 Å². The lowest BCUT2D eigenvalue weighted by molar-refractivity contribution is 0.267. The summed E-state index contributed by atoms with van der Waals surface area (Å²) in [6.45, 7) is 4.51. The summed E-state index contributed by atoms with van der Waals surface area (Å²) in [5, 5.41) is 18.1. The highest BCUT2D eigenvalue weighted by atomic mass is 35.5. The molecule has 2 N–H and O–H groups in total. The Morgan fingerprint density at radius 2 is 1.94 bits per heavy atom. The summed E-state index contributed by atoms with van der Waals surface area (Å²) in [4.78, 5) is 3.67. The van der Waals surface area contributed by atoms with Crippen LogP contribution in [0.1, 0.15) is 30.7 Å². The van der Waals surface area contributed by atoms with Crippen molar-refractivity contribution in [2.24, 2.45) is 0 Å². The van der Waals surface area contributed by atoms with Crippen molar-refractivity contribution in [2.75, 3.05) is 13.1 Å². The smallest absolute Gasteiger partial charge is 0.423 e. The summed E-state index contributed by atoms with van der Waals surface area (Å²) < 4.78 is 0.635. The van der Waals surface area contributed by atoms with E-state index in [2.05, 4.69) is 11.8 Å². The fourth-order valence-corrected chi connectivity index (χ4v) is 3.01. The molecule has 0 amide bonds. The average molecular weight is 262 g/mol. The van der Waals surface area contributed by atoms with E-state index in [9.17, 15) is 0 Å². The molecule has 0 spiro atoms. The number of hydrogen-bond donors (Lipinski definition) is 2. The molecule has 16 heavy (non-hydrogen) atoms. The molecular formula is C10H17BClNO2S. The fraction of sp³-hybridized carbons (Fsp3) is 0.600. The van der Waals surface area contributed by atoms with E-state index < -0.39 is 7.12 Å². The zero-order chi connectivity index (χ0) is 10.8. The van der Waals surface area contributed by atoms with Gasteiger partial charge in [-0.1, -0.05) is 6.07 Å². The zero-order valence-electron chi connectivity index (χ0n) is 9.30. The lowest BCUT2D eigenvalue weighted by Gasteiger charge is -2.22. The van der Waals surface area contributed by atoms with Crippen molar-refractivity contribution in [2.45, 2.75) is 25.8 Å². The molecule has 1 aromatic heterocycles. The molecule has 1 fully saturated rings. The third-order valence-corrected chi connectivity index (χ3v) is 4.30. The molecule has 0 radical (unpaired) electrons. The number of nitrogens with zero attached hydrogens (tertiary/aromatic N) is 1. The minimum atomic E-state index is -1.32. The van der Waals surface area contributed by atoms with E-state index in [0.29, 0.717) is 10.8 Å². The molecule has 0 aromatic carbocycles. The van der Waals surface area contributed by atoms with Gasteiger partial charge in [0.15, 0.2) is 0 Å². The van der Waals surface area contributed by atoms with Crippen molar-refractivity contribution >= 4 is 35.6 Å². The maximum atomic E-state index is 9.04. The summed E-state index contributed by atoms with van der Waals surface area (Å²) in [6, 6.07) is 4.21. The largest absolute Gasteiger partial charge is 0.499 e. The molecule has 1 aliphatic rings. The molecule has 2 heterocycles. The van der Waals surface area contributed by atoms with E-state index in [-0.39, 0.29) is 12.4 Å². The summed E-state index contributed by atoms with van der Waals surface area (Å²) >= 11 is 1.49. The maximum Gasteiger partial charge on any atom is 0.499 e. The molecule has 0 bridgehead atoms. The summed E-state index contributed by atoms with van der Waals surface area (Å²) in [6.07, 6.45) is 2.57. The Bertz CT molecular complexity index is 328. The first-order valence-electron chi connectivity index (χ1n) is 5.38. The highest BCUT2D eigenvalue weighted by Crippen LogP contribution is 2.26. The first-order valence-corrected chi connectivity index (χ1v) is 6.20. The Morgan fingerprint density at radius 1 is 1.31 bits per heavy atom. The monoisotopic (exact) mass is 261 g/mol. The van der Waals surface area contributed by atoms with Crippen LogP contribution in [0.3, 0.4) is 0 Å². The average Bonchev–Trinajstić information content (AvgIpc) is 2.88. The van der Waals surface area contributed by atoms with Crippen LogP contribution in [-0.4, -0.2) is 35.2 Å². The molecule has 1 unspecified atom stereocenters. The second-order valence-corrected chi connectivity index (χ2v) is 5.18. The molecule has 90 valence electrons. The van der Waals surface area contributed by atoms with Crippen LogP contribution in [0.2, 0.25) is 0 Å². The third kappa shape index (κ3) is 2.99. The van der Waals surface area contributed by atoms with Crippen LogP contribution in [0.4, 0.5) is 0 Å². The van der Waals surface area contributed by atoms with Gasteiger partial charge in [0.25, 0.3) is 0 Å². The number of likely N-dealkylation sites (tertiary alicyclic amines) is 1. The lowest BCUT2D eigenvalue weighted by Crippen LogP contribution is -2.26. The van der Waals surface area contributed by atoms with E-state index in [1.165, 1.54) is 29.1 Å². The van der Waals surface area contributed by atoms with Gasteiger partial charge < -0.3 is 10.0 Å². The first-order chi connectivity index (χ1) is 7.18. The standard InChI is InChI=1S/C10H16BNO2S.ClH/c1-8(12-6-2-3-7-12)9-4-5-10(15-9)11(13)14;/h4-5,8,13-14H,2-3,6-7H2,1H3;1H. The van der Waals surface area contributed by atoms with Crippen LogP contribution in [-0.2, 0) is 0 Å². The number of thiophene rings is 1. The molecule has 6 heteroatoms. The number of hydrogen-bond acceptors (Lipinski definition) is 4. The molecule has 0 aliphatic carbocycles. The van der Waals surface area contributed by atoms with Crippen LogP contribution in [0.25, 0.3) is 0 Å². The van der Waals surface area contributed by atoms with Gasteiger partial charge in [0.2, 0.25) is 0 Å². The predicted molar refractivity (Wildman–Crippen MR) is 70.6 cm³/mol. The summed E-state index contributed by atoms with van der Waals surface area (Å²) in [5.74, 6) is 0. The van der Waals surface area contributed by atoms with Crippen LogP contribution < -0.4 is 4.78 Å².